The van der Waals surface area contributed by atoms with Crippen LogP contribution in [0.3, 0.4) is 0 Å². The van der Waals surface area contributed by atoms with Crippen molar-refractivity contribution in [3.63, 3.8) is 0 Å². The fraction of sp³-hybridized carbons (Fsp3) is 0.188. The summed E-state index contributed by atoms with van der Waals surface area (Å²) in [6.45, 7) is 1.86. The molecule has 0 saturated heterocycles. The summed E-state index contributed by atoms with van der Waals surface area (Å²) < 4.78 is 44.3. The average Bonchev–Trinajstić information content (AvgIpc) is 3.14. The summed E-state index contributed by atoms with van der Waals surface area (Å²) >= 11 is 0. The maximum absolute atomic E-state index is 13.4. The number of carboxylic acid groups (broad SMARTS) is 2. The molecule has 0 spiro atoms. The minimum Gasteiger partial charge on any atom is -0.473 e. The van der Waals surface area contributed by atoms with E-state index in [1.165, 1.54) is 6.26 Å². The van der Waals surface area contributed by atoms with Gasteiger partial charge in [0.15, 0.2) is 17.5 Å². The van der Waals surface area contributed by atoms with Gasteiger partial charge in [-0.1, -0.05) is 0 Å². The molecule has 4 N–H and O–H groups in total. The second kappa shape index (κ2) is 9.97. The van der Waals surface area contributed by atoms with Crippen molar-refractivity contribution < 1.29 is 42.2 Å². The molecule has 8 nitrogen and oxygen atoms in total. The number of hydrogen-bond acceptors (Lipinski definition) is 5. The molecule has 2 aromatic rings. The first kappa shape index (κ1) is 21.7. The maximum Gasteiger partial charge on any atom is 0.414 e. The summed E-state index contributed by atoms with van der Waals surface area (Å²) in [6.07, 6.45) is 1.50. The summed E-state index contributed by atoms with van der Waals surface area (Å²) in [5.41, 5.74) is -0.412. The number of rotatable bonds is 5. The molecule has 11 heteroatoms. The average molecular weight is 388 g/mol. The molecule has 0 bridgehead atoms. The van der Waals surface area contributed by atoms with Crippen LogP contribution < -0.4 is 10.6 Å². The van der Waals surface area contributed by atoms with Gasteiger partial charge in [-0.15, -0.1) is 0 Å². The Labute approximate surface area is 150 Å². The van der Waals surface area contributed by atoms with Crippen molar-refractivity contribution in [3.05, 3.63) is 53.7 Å². The summed E-state index contributed by atoms with van der Waals surface area (Å²) in [6, 6.07) is 4.47. The molecule has 0 aliphatic carbocycles. The second-order valence-corrected chi connectivity index (χ2v) is 5.00. The lowest BCUT2D eigenvalue weighted by Crippen LogP contribution is -2.37. The molecular weight excluding hydrogens is 373 g/mol. The molecule has 146 valence electrons. The number of benzene rings is 1. The number of aliphatic carboxylic acids is 2. The van der Waals surface area contributed by atoms with Gasteiger partial charge in [-0.25, -0.2) is 22.8 Å². The summed E-state index contributed by atoms with van der Waals surface area (Å²) in [5.74, 6) is -7.95. The van der Waals surface area contributed by atoms with Crippen LogP contribution in [-0.2, 0) is 20.9 Å². The van der Waals surface area contributed by atoms with Crippen LogP contribution in [0, 0.1) is 17.5 Å². The van der Waals surface area contributed by atoms with Crippen molar-refractivity contribution in [2.45, 2.75) is 19.5 Å². The van der Waals surface area contributed by atoms with Crippen molar-refractivity contribution in [3.8, 4) is 0 Å². The van der Waals surface area contributed by atoms with Crippen LogP contribution in [0.1, 0.15) is 12.7 Å². The van der Waals surface area contributed by atoms with Crippen molar-refractivity contribution >= 4 is 23.5 Å². The first-order valence-corrected chi connectivity index (χ1v) is 7.29. The zero-order valence-corrected chi connectivity index (χ0v) is 13.8. The van der Waals surface area contributed by atoms with Crippen molar-refractivity contribution in [1.29, 1.82) is 0 Å². The molecule has 0 aliphatic rings. The summed E-state index contributed by atoms with van der Waals surface area (Å²) in [7, 11) is 0. The van der Waals surface area contributed by atoms with Crippen LogP contribution in [-0.4, -0.2) is 34.1 Å². The van der Waals surface area contributed by atoms with E-state index >= 15 is 0 Å². The highest BCUT2D eigenvalue weighted by atomic mass is 19.2. The van der Waals surface area contributed by atoms with Crippen LogP contribution in [0.2, 0.25) is 0 Å². The van der Waals surface area contributed by atoms with E-state index in [2.05, 4.69) is 10.6 Å². The Bertz CT molecular complexity index is 799. The summed E-state index contributed by atoms with van der Waals surface area (Å²) in [5, 5.41) is 19.8. The van der Waals surface area contributed by atoms with E-state index < -0.39 is 47.0 Å². The Morgan fingerprint density at radius 3 is 2.22 bits per heavy atom. The van der Waals surface area contributed by atoms with Gasteiger partial charge in [0.05, 0.1) is 24.5 Å². The van der Waals surface area contributed by atoms with Gasteiger partial charge >= 0.3 is 11.9 Å². The molecule has 1 aromatic heterocycles. The van der Waals surface area contributed by atoms with E-state index in [4.69, 9.17) is 24.2 Å². The molecule has 1 unspecified atom stereocenters. The van der Waals surface area contributed by atoms with Gasteiger partial charge in [-0.05, 0) is 31.2 Å². The Morgan fingerprint density at radius 2 is 1.70 bits per heavy atom. The quantitative estimate of drug-likeness (QED) is 0.455. The van der Waals surface area contributed by atoms with Gasteiger partial charge in [-0.3, -0.25) is 10.1 Å². The number of nitrogens with one attached hydrogen (secondary N) is 2. The van der Waals surface area contributed by atoms with E-state index in [0.29, 0.717) is 12.3 Å². The number of amides is 1. The molecular formula is C16H15F3N2O6. The Kier molecular flexibility index (Phi) is 8.01. The van der Waals surface area contributed by atoms with Crippen LogP contribution in [0.4, 0.5) is 18.9 Å². The van der Waals surface area contributed by atoms with E-state index in [1.54, 1.807) is 19.1 Å². The van der Waals surface area contributed by atoms with Gasteiger partial charge < -0.3 is 19.9 Å². The molecule has 1 atom stereocenters. The van der Waals surface area contributed by atoms with E-state index in [-0.39, 0.29) is 0 Å². The van der Waals surface area contributed by atoms with E-state index in [9.17, 15) is 18.0 Å². The van der Waals surface area contributed by atoms with Crippen LogP contribution in [0.15, 0.2) is 34.9 Å². The van der Waals surface area contributed by atoms with Gasteiger partial charge in [0.2, 0.25) is 5.91 Å². The van der Waals surface area contributed by atoms with Gasteiger partial charge in [0, 0.05) is 0 Å². The predicted molar refractivity (Wildman–Crippen MR) is 85.2 cm³/mol. The van der Waals surface area contributed by atoms with Gasteiger partial charge in [0.25, 0.3) is 0 Å². The number of carbonyl (C=O) groups is 3. The van der Waals surface area contributed by atoms with Crippen molar-refractivity contribution in [2.75, 3.05) is 5.32 Å². The minimum absolute atomic E-state index is 0.307. The zero-order chi connectivity index (χ0) is 20.6. The third-order valence-corrected chi connectivity index (χ3v) is 3.03. The fourth-order valence-corrected chi connectivity index (χ4v) is 1.62. The van der Waals surface area contributed by atoms with E-state index in [1.807, 2.05) is 0 Å². The Balaban J connectivity index is 0.000000527. The summed E-state index contributed by atoms with van der Waals surface area (Å²) in [4.78, 5) is 30.0. The minimum atomic E-state index is -1.82. The lowest BCUT2D eigenvalue weighted by atomic mass is 10.2. The SMILES string of the molecule is CC(NCc1ccco1)C(=O)Nc1ccc(F)c(F)c1F.O=C(O)C(=O)O. The maximum atomic E-state index is 13.4. The molecule has 1 amide bonds. The number of hydrogen-bond donors (Lipinski definition) is 4. The highest BCUT2D eigenvalue weighted by Gasteiger charge is 2.18. The number of halogens is 3. The first-order chi connectivity index (χ1) is 12.6. The molecule has 0 aliphatic heterocycles. The molecule has 27 heavy (non-hydrogen) atoms. The van der Waals surface area contributed by atoms with Crippen LogP contribution >= 0.6 is 0 Å². The smallest absolute Gasteiger partial charge is 0.414 e. The second-order valence-electron chi connectivity index (χ2n) is 5.00. The van der Waals surface area contributed by atoms with Crippen LogP contribution in [0.5, 0.6) is 0 Å². The van der Waals surface area contributed by atoms with Gasteiger partial charge in [0.1, 0.15) is 5.76 Å². The number of furan rings is 1. The predicted octanol–water partition coefficient (Wildman–Crippen LogP) is 1.97. The number of carbonyl (C=O) groups excluding carboxylic acids is 1. The lowest BCUT2D eigenvalue weighted by Gasteiger charge is -2.14. The highest BCUT2D eigenvalue weighted by molar-refractivity contribution is 6.27. The highest BCUT2D eigenvalue weighted by Crippen LogP contribution is 2.19. The zero-order valence-electron chi connectivity index (χ0n) is 13.8. The molecule has 1 heterocycles. The Morgan fingerprint density at radius 1 is 1.07 bits per heavy atom. The first-order valence-electron chi connectivity index (χ1n) is 7.29. The molecule has 2 rings (SSSR count). The monoisotopic (exact) mass is 388 g/mol. The van der Waals surface area contributed by atoms with Gasteiger partial charge in [-0.2, -0.15) is 0 Å². The standard InChI is InChI=1S/C14H13F3N2O2.C2H2O4/c1-8(18-7-9-3-2-6-21-9)14(20)19-11-5-4-10(15)12(16)13(11)17;3-1(4)2(5)6/h2-6,8,18H,7H2,1H3,(H,19,20);(H,3,4)(H,5,6). The molecule has 0 saturated carbocycles. The number of carboxylic acids is 2. The fourth-order valence-electron chi connectivity index (χ4n) is 1.62. The van der Waals surface area contributed by atoms with Crippen LogP contribution in [0.25, 0.3) is 0 Å². The topological polar surface area (TPSA) is 129 Å². The number of anilines is 1. The third kappa shape index (κ3) is 6.82. The molecule has 1 aromatic carbocycles. The molecule has 0 fully saturated rings. The lowest BCUT2D eigenvalue weighted by molar-refractivity contribution is -0.159. The third-order valence-electron chi connectivity index (χ3n) is 3.03. The normalized spacial score (nSPS) is 11.1. The van der Waals surface area contributed by atoms with Crippen molar-refractivity contribution in [1.82, 2.24) is 5.32 Å². The largest absolute Gasteiger partial charge is 0.473 e. The van der Waals surface area contributed by atoms with Crippen molar-refractivity contribution in [2.24, 2.45) is 0 Å². The Hall–Kier alpha value is -3.34. The van der Waals surface area contributed by atoms with E-state index in [0.717, 1.165) is 12.1 Å². The molecule has 0 radical (unpaired) electrons.